The molecule has 0 aromatic rings. The normalized spacial score (nSPS) is 21.8. The lowest BCUT2D eigenvalue weighted by atomic mass is 10.0. The molecule has 0 aromatic carbocycles. The van der Waals surface area contributed by atoms with Crippen LogP contribution in [0.25, 0.3) is 0 Å². The van der Waals surface area contributed by atoms with Crippen LogP contribution in [0.1, 0.15) is 0 Å². The second-order valence-electron chi connectivity index (χ2n) is 2.47. The van der Waals surface area contributed by atoms with E-state index >= 15 is 0 Å². The lowest BCUT2D eigenvalue weighted by molar-refractivity contribution is -0.339. The molecule has 86 valence electrons. The average molecular weight is 240 g/mol. The van der Waals surface area contributed by atoms with Gasteiger partial charge in [0.15, 0.2) is 0 Å². The van der Waals surface area contributed by atoms with Gasteiger partial charge in [-0.15, -0.1) is 0 Å². The molecular formula is C4BF7O3. The van der Waals surface area contributed by atoms with Crippen LogP contribution in [-0.4, -0.2) is 31.3 Å². The van der Waals surface area contributed by atoms with Crippen LogP contribution < -0.4 is 0 Å². The van der Waals surface area contributed by atoms with Gasteiger partial charge in [-0.3, -0.25) is 0 Å². The van der Waals surface area contributed by atoms with Gasteiger partial charge in [-0.2, -0.15) is 26.3 Å². The van der Waals surface area contributed by atoms with E-state index < -0.39 is 31.3 Å². The quantitative estimate of drug-likeness (QED) is 0.473. The molecule has 1 saturated heterocycles. The first kappa shape index (κ1) is 12.1. The van der Waals surface area contributed by atoms with E-state index in [1.165, 1.54) is 0 Å². The lowest BCUT2D eigenvalue weighted by Crippen LogP contribution is -2.61. The van der Waals surface area contributed by atoms with Crippen molar-refractivity contribution in [3.8, 4) is 0 Å². The van der Waals surface area contributed by atoms with Crippen molar-refractivity contribution < 1.29 is 44.8 Å². The van der Waals surface area contributed by atoms with E-state index in [2.05, 4.69) is 9.31 Å². The van der Waals surface area contributed by atoms with Crippen LogP contribution >= 0.6 is 0 Å². The number of rotatable bonds is 0. The second-order valence-corrected chi connectivity index (χ2v) is 2.47. The Morgan fingerprint density at radius 2 is 1.47 bits per heavy atom. The summed E-state index contributed by atoms with van der Waals surface area (Å²) in [6, 6.07) is 0. The van der Waals surface area contributed by atoms with Gasteiger partial charge in [-0.1, -0.05) is 0 Å². The van der Waals surface area contributed by atoms with Crippen molar-refractivity contribution in [2.24, 2.45) is 0 Å². The first-order valence-corrected chi connectivity index (χ1v) is 3.19. The smallest absolute Gasteiger partial charge is 0.479 e. The van der Waals surface area contributed by atoms with Crippen molar-refractivity contribution in [3.05, 3.63) is 0 Å². The van der Waals surface area contributed by atoms with Crippen molar-refractivity contribution in [1.82, 2.24) is 0 Å². The Hall–Kier alpha value is -0.995. The fraction of sp³-hybridized carbons (Fsp3) is 0.750. The van der Waals surface area contributed by atoms with Gasteiger partial charge >= 0.3 is 31.3 Å². The predicted molar refractivity (Wildman–Crippen MR) is 28.9 cm³/mol. The largest absolute Gasteiger partial charge is 0.758 e. The molecule has 1 fully saturated rings. The summed E-state index contributed by atoms with van der Waals surface area (Å²) in [6.07, 6.45) is -12.3. The summed E-state index contributed by atoms with van der Waals surface area (Å²) < 4.78 is 90.2. The summed E-state index contributed by atoms with van der Waals surface area (Å²) in [5, 5.41) is 0. The molecule has 0 unspecified atom stereocenters. The van der Waals surface area contributed by atoms with Crippen LogP contribution in [0.4, 0.5) is 30.7 Å². The highest BCUT2D eigenvalue weighted by molar-refractivity contribution is 6.41. The highest BCUT2D eigenvalue weighted by atomic mass is 19.4. The van der Waals surface area contributed by atoms with Gasteiger partial charge in [-0.05, 0) is 0 Å². The Bertz CT molecular complexity index is 269. The molecule has 1 aliphatic rings. The van der Waals surface area contributed by atoms with Crippen LogP contribution in [-0.2, 0) is 14.1 Å². The fourth-order valence-electron chi connectivity index (χ4n) is 0.904. The fourth-order valence-corrected chi connectivity index (χ4v) is 0.904. The van der Waals surface area contributed by atoms with Gasteiger partial charge in [-0.25, -0.2) is 9.11 Å². The Kier molecular flexibility index (Phi) is 2.41. The van der Waals surface area contributed by atoms with Gasteiger partial charge in [0.05, 0.1) is 0 Å². The second kappa shape index (κ2) is 3.00. The SMILES string of the molecule is O=C1OB(F)OC1(C(F)(F)F)C(F)(F)F. The van der Waals surface area contributed by atoms with E-state index in [9.17, 15) is 35.5 Å². The summed E-state index contributed by atoms with van der Waals surface area (Å²) >= 11 is 0. The van der Waals surface area contributed by atoms with Gasteiger partial charge in [0.1, 0.15) is 0 Å². The zero-order valence-electron chi connectivity index (χ0n) is 6.45. The lowest BCUT2D eigenvalue weighted by Gasteiger charge is -2.28. The summed E-state index contributed by atoms with van der Waals surface area (Å²) in [4.78, 5) is 10.4. The van der Waals surface area contributed by atoms with Crippen LogP contribution in [0.15, 0.2) is 0 Å². The van der Waals surface area contributed by atoms with E-state index in [1.807, 2.05) is 0 Å². The third-order valence-electron chi connectivity index (χ3n) is 1.55. The van der Waals surface area contributed by atoms with E-state index in [4.69, 9.17) is 0 Å². The Balaban J connectivity index is 3.27. The van der Waals surface area contributed by atoms with Gasteiger partial charge in [0.25, 0.3) is 0 Å². The highest BCUT2D eigenvalue weighted by Crippen LogP contribution is 2.49. The Labute approximate surface area is 77.3 Å². The molecule has 3 nitrogen and oxygen atoms in total. The number of alkyl halides is 6. The van der Waals surface area contributed by atoms with Crippen molar-refractivity contribution >= 4 is 13.4 Å². The minimum atomic E-state index is -6.15. The van der Waals surface area contributed by atoms with Crippen molar-refractivity contribution in [2.45, 2.75) is 18.0 Å². The summed E-state index contributed by atoms with van der Waals surface area (Å²) in [5.41, 5.74) is -5.24. The van der Waals surface area contributed by atoms with E-state index in [-0.39, 0.29) is 0 Å². The maximum atomic E-state index is 12.1. The molecule has 15 heavy (non-hydrogen) atoms. The highest BCUT2D eigenvalue weighted by Gasteiger charge is 2.83. The Morgan fingerprint density at radius 3 is 1.60 bits per heavy atom. The molecule has 1 heterocycles. The maximum Gasteiger partial charge on any atom is 0.758 e. The van der Waals surface area contributed by atoms with Gasteiger partial charge in [0, 0.05) is 0 Å². The minimum Gasteiger partial charge on any atom is -0.479 e. The van der Waals surface area contributed by atoms with Crippen LogP contribution in [0.3, 0.4) is 0 Å². The maximum absolute atomic E-state index is 12.1. The average Bonchev–Trinajstić information content (AvgIpc) is 2.23. The summed E-state index contributed by atoms with van der Waals surface area (Å²) in [6.45, 7) is 0. The van der Waals surface area contributed by atoms with Crippen molar-refractivity contribution in [2.75, 3.05) is 0 Å². The third kappa shape index (κ3) is 1.54. The predicted octanol–water partition coefficient (Wildman–Crippen LogP) is 1.38. The topological polar surface area (TPSA) is 35.5 Å². The van der Waals surface area contributed by atoms with Gasteiger partial charge < -0.3 is 9.31 Å². The Morgan fingerprint density at radius 1 is 1.07 bits per heavy atom. The number of hydrogen-bond acceptors (Lipinski definition) is 3. The molecule has 0 atom stereocenters. The number of hydrogen-bond donors (Lipinski definition) is 0. The number of halogens is 7. The third-order valence-corrected chi connectivity index (χ3v) is 1.55. The first-order valence-electron chi connectivity index (χ1n) is 3.19. The molecule has 11 heteroatoms. The molecule has 0 N–H and O–H groups in total. The van der Waals surface area contributed by atoms with Crippen LogP contribution in [0, 0.1) is 0 Å². The number of carbonyl (C=O) groups excluding carboxylic acids is 1. The monoisotopic (exact) mass is 240 g/mol. The standard InChI is InChI=1S/C4BF7O3/c6-3(7,8)2(4(9,10)11)1(13)14-5(12)15-2. The molecule has 0 saturated carbocycles. The summed E-state index contributed by atoms with van der Waals surface area (Å²) in [5.74, 6) is -2.87. The molecule has 0 amide bonds. The molecule has 1 rings (SSSR count). The van der Waals surface area contributed by atoms with Crippen molar-refractivity contribution in [1.29, 1.82) is 0 Å². The molecule has 0 aromatic heterocycles. The molecule has 0 aliphatic carbocycles. The number of carbonyl (C=O) groups is 1. The molecule has 0 radical (unpaired) electrons. The van der Waals surface area contributed by atoms with Crippen LogP contribution in [0.2, 0.25) is 0 Å². The molecule has 0 spiro atoms. The van der Waals surface area contributed by atoms with Crippen LogP contribution in [0.5, 0.6) is 0 Å². The first-order chi connectivity index (χ1) is 6.52. The van der Waals surface area contributed by atoms with E-state index in [0.717, 1.165) is 0 Å². The molecular weight excluding hydrogens is 240 g/mol. The zero-order chi connectivity index (χ0) is 12.1. The van der Waals surface area contributed by atoms with Gasteiger partial charge in [0.2, 0.25) is 0 Å². The zero-order valence-corrected chi connectivity index (χ0v) is 6.45. The van der Waals surface area contributed by atoms with E-state index in [0.29, 0.717) is 0 Å². The van der Waals surface area contributed by atoms with Crippen molar-refractivity contribution in [3.63, 3.8) is 0 Å². The summed E-state index contributed by atoms with van der Waals surface area (Å²) in [7, 11) is -3.39. The van der Waals surface area contributed by atoms with E-state index in [1.54, 1.807) is 0 Å². The molecule has 1 aliphatic heterocycles. The molecule has 0 bridgehead atoms. The minimum absolute atomic E-state index is 2.87.